The molecule has 2 fully saturated rings. The van der Waals surface area contributed by atoms with Gasteiger partial charge in [0.2, 0.25) is 0 Å². The van der Waals surface area contributed by atoms with Crippen LogP contribution in [0.1, 0.15) is 68.7 Å². The Balaban J connectivity index is 1.33. The standard InChI is InChI=1S/C31H32N2O2/c1-2-22-8-3-4-9-25(22)21-32-16-18-33(19-17-32)31(26-11-7-10-24(20-26)23-14-15-23)29(34)27-12-5-6-13-28(27)30(31)35/h3-13,20,23H,2,14-19,21H2,1H3. The van der Waals surface area contributed by atoms with E-state index in [1.165, 1.54) is 29.5 Å². The molecule has 0 bridgehead atoms. The summed E-state index contributed by atoms with van der Waals surface area (Å²) in [4.78, 5) is 32.8. The molecule has 0 radical (unpaired) electrons. The van der Waals surface area contributed by atoms with Crippen molar-refractivity contribution < 1.29 is 9.59 Å². The zero-order valence-corrected chi connectivity index (χ0v) is 20.4. The second kappa shape index (κ2) is 8.85. The third kappa shape index (κ3) is 3.67. The quantitative estimate of drug-likeness (QED) is 0.469. The highest BCUT2D eigenvalue weighted by Crippen LogP contribution is 2.46. The Morgan fingerprint density at radius 3 is 2.03 bits per heavy atom. The average Bonchev–Trinajstić information content (AvgIpc) is 3.73. The predicted octanol–water partition coefficient (Wildman–Crippen LogP) is 5.22. The van der Waals surface area contributed by atoms with Gasteiger partial charge >= 0.3 is 0 Å². The maximum Gasteiger partial charge on any atom is 0.196 e. The lowest BCUT2D eigenvalue weighted by Crippen LogP contribution is -2.60. The highest BCUT2D eigenvalue weighted by molar-refractivity contribution is 6.32. The lowest BCUT2D eigenvalue weighted by molar-refractivity contribution is 0.0278. The van der Waals surface area contributed by atoms with Gasteiger partial charge in [0.1, 0.15) is 0 Å². The lowest BCUT2D eigenvalue weighted by Gasteiger charge is -2.44. The fourth-order valence-electron chi connectivity index (χ4n) is 6.08. The van der Waals surface area contributed by atoms with Crippen molar-refractivity contribution in [3.8, 4) is 0 Å². The van der Waals surface area contributed by atoms with Crippen molar-refractivity contribution in [2.24, 2.45) is 0 Å². The van der Waals surface area contributed by atoms with Gasteiger partial charge in [-0.1, -0.05) is 79.7 Å². The molecule has 1 heterocycles. The van der Waals surface area contributed by atoms with Crippen LogP contribution in [0.2, 0.25) is 0 Å². The monoisotopic (exact) mass is 464 g/mol. The number of rotatable bonds is 6. The second-order valence-electron chi connectivity index (χ2n) is 10.2. The summed E-state index contributed by atoms with van der Waals surface area (Å²) in [6.07, 6.45) is 3.41. The first-order valence-electron chi connectivity index (χ1n) is 13.0. The van der Waals surface area contributed by atoms with Gasteiger partial charge in [-0.2, -0.15) is 0 Å². The molecule has 3 aromatic rings. The Kier molecular flexibility index (Phi) is 5.66. The van der Waals surface area contributed by atoms with Crippen molar-refractivity contribution in [1.82, 2.24) is 9.80 Å². The minimum Gasteiger partial charge on any atom is -0.297 e. The largest absolute Gasteiger partial charge is 0.297 e. The minimum absolute atomic E-state index is 0.0594. The molecule has 1 saturated heterocycles. The van der Waals surface area contributed by atoms with Gasteiger partial charge in [0, 0.05) is 43.9 Å². The van der Waals surface area contributed by atoms with E-state index < -0.39 is 5.54 Å². The summed E-state index contributed by atoms with van der Waals surface area (Å²) in [5.74, 6) is 0.447. The van der Waals surface area contributed by atoms with Gasteiger partial charge in [-0.05, 0) is 47.4 Å². The summed E-state index contributed by atoms with van der Waals surface area (Å²) in [6, 6.07) is 24.3. The van der Waals surface area contributed by atoms with E-state index in [1.54, 1.807) is 0 Å². The molecular weight excluding hydrogens is 432 g/mol. The van der Waals surface area contributed by atoms with E-state index in [9.17, 15) is 9.59 Å². The van der Waals surface area contributed by atoms with Crippen LogP contribution >= 0.6 is 0 Å². The summed E-state index contributed by atoms with van der Waals surface area (Å²) < 4.78 is 0. The van der Waals surface area contributed by atoms with Crippen LogP contribution in [0.5, 0.6) is 0 Å². The highest BCUT2D eigenvalue weighted by atomic mass is 16.2. The molecule has 1 aliphatic heterocycles. The highest BCUT2D eigenvalue weighted by Gasteiger charge is 2.58. The molecule has 0 spiro atoms. The molecule has 4 nitrogen and oxygen atoms in total. The second-order valence-corrected chi connectivity index (χ2v) is 10.2. The molecule has 0 unspecified atom stereocenters. The molecule has 3 aromatic carbocycles. The topological polar surface area (TPSA) is 40.6 Å². The molecule has 35 heavy (non-hydrogen) atoms. The van der Waals surface area contributed by atoms with Gasteiger partial charge in [-0.3, -0.25) is 19.4 Å². The third-order valence-electron chi connectivity index (χ3n) is 8.17. The molecule has 3 aliphatic rings. The fraction of sp³-hybridized carbons (Fsp3) is 0.355. The van der Waals surface area contributed by atoms with E-state index in [0.717, 1.165) is 31.6 Å². The van der Waals surface area contributed by atoms with Crippen molar-refractivity contribution >= 4 is 11.6 Å². The van der Waals surface area contributed by atoms with Crippen LogP contribution in [-0.2, 0) is 18.5 Å². The first-order chi connectivity index (χ1) is 17.1. The maximum absolute atomic E-state index is 14.1. The van der Waals surface area contributed by atoms with Gasteiger partial charge in [0.25, 0.3) is 0 Å². The zero-order valence-electron chi connectivity index (χ0n) is 20.4. The fourth-order valence-corrected chi connectivity index (χ4v) is 6.08. The Bertz CT molecular complexity index is 1250. The molecule has 1 saturated carbocycles. The van der Waals surface area contributed by atoms with Crippen molar-refractivity contribution in [2.45, 2.75) is 44.2 Å². The number of piperazine rings is 1. The molecule has 178 valence electrons. The number of aryl methyl sites for hydroxylation is 1. The van der Waals surface area contributed by atoms with E-state index in [4.69, 9.17) is 0 Å². The number of Topliss-reactive ketones (excluding diaryl/α,β-unsaturated/α-hetero) is 2. The van der Waals surface area contributed by atoms with Crippen LogP contribution < -0.4 is 0 Å². The minimum atomic E-state index is -1.25. The lowest BCUT2D eigenvalue weighted by atomic mass is 9.81. The number of hydrogen-bond acceptors (Lipinski definition) is 4. The van der Waals surface area contributed by atoms with Crippen molar-refractivity contribution in [3.05, 3.63) is 106 Å². The van der Waals surface area contributed by atoms with E-state index in [-0.39, 0.29) is 11.6 Å². The van der Waals surface area contributed by atoms with Crippen LogP contribution in [-0.4, -0.2) is 47.5 Å². The van der Waals surface area contributed by atoms with Gasteiger partial charge < -0.3 is 0 Å². The van der Waals surface area contributed by atoms with Crippen LogP contribution in [0.25, 0.3) is 0 Å². The summed E-state index contributed by atoms with van der Waals surface area (Å²) in [5, 5.41) is 0. The van der Waals surface area contributed by atoms with E-state index in [2.05, 4.69) is 53.1 Å². The Labute approximate surface area is 207 Å². The number of hydrogen-bond donors (Lipinski definition) is 0. The van der Waals surface area contributed by atoms with Crippen LogP contribution in [0.15, 0.2) is 72.8 Å². The van der Waals surface area contributed by atoms with Gasteiger partial charge in [0.05, 0.1) is 0 Å². The Morgan fingerprint density at radius 1 is 0.771 bits per heavy atom. The maximum atomic E-state index is 14.1. The molecule has 0 N–H and O–H groups in total. The molecule has 0 aromatic heterocycles. The average molecular weight is 465 g/mol. The normalized spacial score (nSPS) is 20.3. The molecular formula is C31H32N2O2. The number of nitrogens with zero attached hydrogens (tertiary/aromatic N) is 2. The van der Waals surface area contributed by atoms with Crippen molar-refractivity contribution in [1.29, 1.82) is 0 Å². The number of ketones is 2. The van der Waals surface area contributed by atoms with Crippen molar-refractivity contribution in [3.63, 3.8) is 0 Å². The summed E-state index contributed by atoms with van der Waals surface area (Å²) in [5.41, 5.74) is 4.74. The number of carbonyl (C=O) groups is 2. The zero-order chi connectivity index (χ0) is 24.0. The molecule has 2 aliphatic carbocycles. The predicted molar refractivity (Wildman–Crippen MR) is 138 cm³/mol. The van der Waals surface area contributed by atoms with E-state index >= 15 is 0 Å². The van der Waals surface area contributed by atoms with Crippen LogP contribution in [0.4, 0.5) is 0 Å². The number of fused-ring (bicyclic) bond motifs is 1. The van der Waals surface area contributed by atoms with Crippen molar-refractivity contribution in [2.75, 3.05) is 26.2 Å². The third-order valence-corrected chi connectivity index (χ3v) is 8.17. The number of carbonyl (C=O) groups excluding carboxylic acids is 2. The molecule has 6 rings (SSSR count). The first-order valence-corrected chi connectivity index (χ1v) is 13.0. The Morgan fingerprint density at radius 2 is 1.40 bits per heavy atom. The number of benzene rings is 3. The first kappa shape index (κ1) is 22.4. The van der Waals surface area contributed by atoms with Crippen LogP contribution in [0.3, 0.4) is 0 Å². The SMILES string of the molecule is CCc1ccccc1CN1CCN(C2(c3cccc(C4CC4)c3)C(=O)c3ccccc3C2=O)CC1. The molecule has 0 amide bonds. The molecule has 4 heteroatoms. The van der Waals surface area contributed by atoms with Crippen LogP contribution in [0, 0.1) is 0 Å². The van der Waals surface area contributed by atoms with E-state index in [1.807, 2.05) is 36.4 Å². The van der Waals surface area contributed by atoms with Gasteiger partial charge in [-0.25, -0.2) is 0 Å². The molecule has 0 atom stereocenters. The van der Waals surface area contributed by atoms with E-state index in [0.29, 0.717) is 30.1 Å². The van der Waals surface area contributed by atoms with Gasteiger partial charge in [0.15, 0.2) is 17.1 Å². The smallest absolute Gasteiger partial charge is 0.196 e. The van der Waals surface area contributed by atoms with Gasteiger partial charge in [-0.15, -0.1) is 0 Å². The Hall–Kier alpha value is -3.08. The summed E-state index contributed by atoms with van der Waals surface area (Å²) in [6.45, 7) is 6.15. The summed E-state index contributed by atoms with van der Waals surface area (Å²) in [7, 11) is 0. The summed E-state index contributed by atoms with van der Waals surface area (Å²) >= 11 is 0.